The van der Waals surface area contributed by atoms with Crippen molar-refractivity contribution in [2.24, 2.45) is 0 Å². The molecule has 0 fully saturated rings. The normalized spacial score (nSPS) is 11.5. The molecule has 0 N–H and O–H groups in total. The zero-order valence-corrected chi connectivity index (χ0v) is 15.5. The third-order valence-corrected chi connectivity index (χ3v) is 3.93. The van der Waals surface area contributed by atoms with E-state index < -0.39 is 11.8 Å². The summed E-state index contributed by atoms with van der Waals surface area (Å²) in [4.78, 5) is 20.5. The number of carbonyl (C=O) groups is 1. The third kappa shape index (κ3) is 15.8. The molecular weight excluding hydrogens is 296 g/mol. The molecule has 5 nitrogen and oxygen atoms in total. The molecule has 0 rings (SSSR count). The molecule has 5 heteroatoms. The van der Waals surface area contributed by atoms with E-state index in [1.807, 2.05) is 20.8 Å². The highest BCUT2D eigenvalue weighted by molar-refractivity contribution is 5.58. The first-order valence-electron chi connectivity index (χ1n) is 9.21. The van der Waals surface area contributed by atoms with E-state index in [9.17, 15) is 4.79 Å². The molecule has 0 radical (unpaired) electrons. The summed E-state index contributed by atoms with van der Waals surface area (Å²) < 4.78 is 4.90. The minimum absolute atomic E-state index is 0.357. The van der Waals surface area contributed by atoms with Crippen molar-refractivity contribution in [1.82, 2.24) is 0 Å². The number of rotatable bonds is 15. The number of hydrogen-bond acceptors (Lipinski definition) is 5. The molecule has 0 unspecified atom stereocenters. The van der Waals surface area contributed by atoms with Crippen molar-refractivity contribution in [3.05, 3.63) is 0 Å². The van der Waals surface area contributed by atoms with Crippen molar-refractivity contribution < 1.29 is 24.3 Å². The molecule has 0 spiro atoms. The van der Waals surface area contributed by atoms with E-state index in [-0.39, 0.29) is 0 Å². The van der Waals surface area contributed by atoms with Gasteiger partial charge in [-0.3, -0.25) is 0 Å². The van der Waals surface area contributed by atoms with E-state index >= 15 is 0 Å². The van der Waals surface area contributed by atoms with Crippen molar-refractivity contribution in [3.8, 4) is 0 Å². The standard InChI is InChI=1S/C18H36O5/c1-5-7-8-9-10-11-12-13-14-15-16-20-17(19)21-23-22-18(3,4)6-2/h5-16H2,1-4H3. The topological polar surface area (TPSA) is 54.0 Å². The quantitative estimate of drug-likeness (QED) is 0.157. The van der Waals surface area contributed by atoms with Crippen LogP contribution < -0.4 is 0 Å². The maximum absolute atomic E-state index is 11.2. The molecule has 0 aromatic rings. The summed E-state index contributed by atoms with van der Waals surface area (Å²) in [5.41, 5.74) is -0.489. The molecule has 0 saturated heterocycles. The second-order valence-corrected chi connectivity index (χ2v) is 6.63. The van der Waals surface area contributed by atoms with E-state index in [0.717, 1.165) is 19.3 Å². The van der Waals surface area contributed by atoms with Crippen LogP contribution in [-0.2, 0) is 19.6 Å². The monoisotopic (exact) mass is 332 g/mol. The first-order chi connectivity index (χ1) is 11.0. The van der Waals surface area contributed by atoms with E-state index in [1.165, 1.54) is 51.4 Å². The van der Waals surface area contributed by atoms with Crippen LogP contribution in [0.3, 0.4) is 0 Å². The summed E-state index contributed by atoms with van der Waals surface area (Å²) >= 11 is 0. The Morgan fingerprint density at radius 3 is 1.87 bits per heavy atom. The summed E-state index contributed by atoms with van der Waals surface area (Å²) in [6.45, 7) is 8.22. The van der Waals surface area contributed by atoms with Gasteiger partial charge in [-0.1, -0.05) is 71.6 Å². The molecule has 0 aliphatic rings. The summed E-state index contributed by atoms with van der Waals surface area (Å²) in [6.07, 6.45) is 12.3. The van der Waals surface area contributed by atoms with Crippen LogP contribution in [0.2, 0.25) is 0 Å². The Morgan fingerprint density at radius 1 is 0.826 bits per heavy atom. The average molecular weight is 332 g/mol. The zero-order valence-electron chi connectivity index (χ0n) is 15.5. The molecule has 0 aliphatic heterocycles. The molecule has 0 bridgehead atoms. The number of ether oxygens (including phenoxy) is 1. The second-order valence-electron chi connectivity index (χ2n) is 6.63. The van der Waals surface area contributed by atoms with E-state index in [2.05, 4.69) is 16.8 Å². The zero-order chi connectivity index (χ0) is 17.4. The number of unbranched alkanes of at least 4 members (excludes halogenated alkanes) is 9. The lowest BCUT2D eigenvalue weighted by Crippen LogP contribution is -2.24. The highest BCUT2D eigenvalue weighted by Crippen LogP contribution is 2.14. The maximum Gasteiger partial charge on any atom is 0.542 e. The Bertz CT molecular complexity index is 279. The van der Waals surface area contributed by atoms with Crippen molar-refractivity contribution in [3.63, 3.8) is 0 Å². The Labute approximate surface area is 141 Å². The first-order valence-corrected chi connectivity index (χ1v) is 9.21. The molecule has 0 aromatic heterocycles. The smallest absolute Gasteiger partial charge is 0.432 e. The van der Waals surface area contributed by atoms with Crippen molar-refractivity contribution >= 4 is 6.16 Å². The predicted molar refractivity (Wildman–Crippen MR) is 90.8 cm³/mol. The first kappa shape index (κ1) is 22.2. The minimum atomic E-state index is -0.854. The van der Waals surface area contributed by atoms with Gasteiger partial charge in [0, 0.05) is 0 Å². The van der Waals surface area contributed by atoms with Crippen LogP contribution in [0.15, 0.2) is 0 Å². The van der Waals surface area contributed by atoms with Crippen LogP contribution in [0.1, 0.15) is 98.3 Å². The Kier molecular flexibility index (Phi) is 14.2. The molecule has 0 heterocycles. The lowest BCUT2D eigenvalue weighted by Gasteiger charge is -2.19. The van der Waals surface area contributed by atoms with Crippen LogP contribution in [0.5, 0.6) is 0 Å². The van der Waals surface area contributed by atoms with Crippen molar-refractivity contribution in [1.29, 1.82) is 0 Å². The fraction of sp³-hybridized carbons (Fsp3) is 0.944. The predicted octanol–water partition coefficient (Wildman–Crippen LogP) is 6.11. The van der Waals surface area contributed by atoms with Gasteiger partial charge in [0.25, 0.3) is 0 Å². The summed E-state index contributed by atoms with van der Waals surface area (Å²) in [6, 6.07) is 0. The van der Waals surface area contributed by atoms with Gasteiger partial charge in [0.05, 0.1) is 6.61 Å². The lowest BCUT2D eigenvalue weighted by atomic mass is 10.1. The maximum atomic E-state index is 11.2. The van der Waals surface area contributed by atoms with E-state index in [0.29, 0.717) is 6.61 Å². The number of carbonyl (C=O) groups excluding carboxylic acids is 1. The SMILES string of the molecule is CCCCCCCCCCCCOC(=O)OOOC(C)(C)CC. The fourth-order valence-corrected chi connectivity index (χ4v) is 1.96. The molecule has 0 aliphatic carbocycles. The Hall–Kier alpha value is -0.810. The van der Waals surface area contributed by atoms with Crippen LogP contribution in [0, 0.1) is 0 Å². The number of hydrogen-bond donors (Lipinski definition) is 0. The molecule has 0 atom stereocenters. The van der Waals surface area contributed by atoms with Crippen molar-refractivity contribution in [2.75, 3.05) is 6.61 Å². The Morgan fingerprint density at radius 2 is 1.35 bits per heavy atom. The molecule has 0 aromatic carbocycles. The van der Waals surface area contributed by atoms with E-state index in [1.54, 1.807) is 0 Å². The van der Waals surface area contributed by atoms with Crippen LogP contribution >= 0.6 is 0 Å². The van der Waals surface area contributed by atoms with Gasteiger partial charge < -0.3 is 4.74 Å². The second kappa shape index (κ2) is 14.8. The molecule has 0 saturated carbocycles. The third-order valence-electron chi connectivity index (χ3n) is 3.93. The lowest BCUT2D eigenvalue weighted by molar-refractivity contribution is -0.517. The van der Waals surface area contributed by atoms with Gasteiger partial charge in [0.1, 0.15) is 5.60 Å². The van der Waals surface area contributed by atoms with Gasteiger partial charge in [0.15, 0.2) is 0 Å². The summed E-state index contributed by atoms with van der Waals surface area (Å²) in [7, 11) is 0. The highest BCUT2D eigenvalue weighted by atomic mass is 17.5. The molecule has 0 amide bonds. The molecule has 138 valence electrons. The largest absolute Gasteiger partial charge is 0.542 e. The van der Waals surface area contributed by atoms with Gasteiger partial charge in [-0.25, -0.2) is 9.68 Å². The highest BCUT2D eigenvalue weighted by Gasteiger charge is 2.18. The minimum Gasteiger partial charge on any atom is -0.432 e. The summed E-state index contributed by atoms with van der Waals surface area (Å²) in [5, 5.41) is 4.43. The fourth-order valence-electron chi connectivity index (χ4n) is 1.96. The van der Waals surface area contributed by atoms with Gasteiger partial charge >= 0.3 is 6.16 Å². The van der Waals surface area contributed by atoms with Crippen LogP contribution in [0.25, 0.3) is 0 Å². The van der Waals surface area contributed by atoms with E-state index in [4.69, 9.17) is 9.62 Å². The van der Waals surface area contributed by atoms with Gasteiger partial charge in [-0.05, 0) is 31.7 Å². The van der Waals surface area contributed by atoms with Gasteiger partial charge in [0.2, 0.25) is 0 Å². The van der Waals surface area contributed by atoms with Crippen LogP contribution in [0.4, 0.5) is 4.79 Å². The van der Waals surface area contributed by atoms with Gasteiger partial charge in [-0.2, -0.15) is 4.89 Å². The van der Waals surface area contributed by atoms with Crippen LogP contribution in [-0.4, -0.2) is 18.4 Å². The van der Waals surface area contributed by atoms with Crippen molar-refractivity contribution in [2.45, 2.75) is 104 Å². The molecular formula is C18H36O5. The average Bonchev–Trinajstić information content (AvgIpc) is 2.52. The molecule has 23 heavy (non-hydrogen) atoms. The van der Waals surface area contributed by atoms with Gasteiger partial charge in [-0.15, -0.1) is 0 Å². The Balaban J connectivity index is 3.27. The summed E-state index contributed by atoms with van der Waals surface area (Å²) in [5.74, 6) is 0.